The minimum Gasteiger partial charge on any atom is -0.496 e. The zero-order chi connectivity index (χ0) is 11.1. The van der Waals surface area contributed by atoms with Gasteiger partial charge in [0.25, 0.3) is 5.56 Å². The van der Waals surface area contributed by atoms with Gasteiger partial charge in [-0.2, -0.15) is 0 Å². The van der Waals surface area contributed by atoms with Gasteiger partial charge in [0.2, 0.25) is 0 Å². The molecule has 3 rings (SSSR count). The molecule has 16 heavy (non-hydrogen) atoms. The van der Waals surface area contributed by atoms with Crippen LogP contribution in [-0.4, -0.2) is 17.1 Å². The van der Waals surface area contributed by atoms with Crippen LogP contribution in [0.2, 0.25) is 0 Å². The maximum absolute atomic E-state index is 11.6. The van der Waals surface area contributed by atoms with Gasteiger partial charge in [0.05, 0.1) is 24.3 Å². The van der Waals surface area contributed by atoms with Crippen LogP contribution in [0.3, 0.4) is 0 Å². The molecule has 1 aromatic carbocycles. The quantitative estimate of drug-likeness (QED) is 0.699. The Hall–Kier alpha value is -1.88. The fourth-order valence-corrected chi connectivity index (χ4v) is 2.84. The second-order valence-corrected chi connectivity index (χ2v) is 4.40. The summed E-state index contributed by atoms with van der Waals surface area (Å²) < 4.78 is 6.94. The van der Waals surface area contributed by atoms with Gasteiger partial charge in [0.15, 0.2) is 0 Å². The number of hydrogen-bond acceptors (Lipinski definition) is 4. The highest BCUT2D eigenvalue weighted by atomic mass is 32.1. The maximum Gasteiger partial charge on any atom is 0.268 e. The lowest BCUT2D eigenvalue weighted by atomic mass is 10.2. The van der Waals surface area contributed by atoms with Crippen LogP contribution in [0.25, 0.3) is 20.3 Å². The van der Waals surface area contributed by atoms with Crippen molar-refractivity contribution in [2.24, 2.45) is 0 Å². The van der Waals surface area contributed by atoms with E-state index in [1.807, 2.05) is 18.2 Å². The normalized spacial score (nSPS) is 11.1. The lowest BCUT2D eigenvalue weighted by Gasteiger charge is -2.00. The van der Waals surface area contributed by atoms with Crippen LogP contribution in [0.5, 0.6) is 5.75 Å². The molecule has 3 aromatic rings. The molecule has 0 aliphatic carbocycles. The van der Waals surface area contributed by atoms with Gasteiger partial charge in [0.1, 0.15) is 10.4 Å². The Morgan fingerprint density at radius 1 is 1.44 bits per heavy atom. The van der Waals surface area contributed by atoms with Crippen LogP contribution in [0, 0.1) is 0 Å². The summed E-state index contributed by atoms with van der Waals surface area (Å²) in [6, 6.07) is 5.74. The van der Waals surface area contributed by atoms with Crippen molar-refractivity contribution in [2.75, 3.05) is 7.11 Å². The van der Waals surface area contributed by atoms with Crippen molar-refractivity contribution in [3.8, 4) is 5.75 Å². The molecular formula is C11H8N2O2S. The van der Waals surface area contributed by atoms with E-state index in [1.54, 1.807) is 7.11 Å². The van der Waals surface area contributed by atoms with E-state index in [9.17, 15) is 4.79 Å². The summed E-state index contributed by atoms with van der Waals surface area (Å²) in [5.41, 5.74) is 0.606. The molecule has 2 heterocycles. The monoisotopic (exact) mass is 232 g/mol. The van der Waals surface area contributed by atoms with Crippen molar-refractivity contribution in [3.63, 3.8) is 0 Å². The van der Waals surface area contributed by atoms with Crippen molar-refractivity contribution in [1.29, 1.82) is 0 Å². The van der Waals surface area contributed by atoms with Crippen LogP contribution in [0.4, 0.5) is 0 Å². The molecule has 0 atom stereocenters. The van der Waals surface area contributed by atoms with Crippen molar-refractivity contribution in [1.82, 2.24) is 9.97 Å². The summed E-state index contributed by atoms with van der Waals surface area (Å²) in [6.07, 6.45) is 1.42. The molecule has 0 spiro atoms. The van der Waals surface area contributed by atoms with Gasteiger partial charge in [0, 0.05) is 4.70 Å². The molecule has 0 saturated carbocycles. The molecule has 1 N–H and O–H groups in total. The lowest BCUT2D eigenvalue weighted by molar-refractivity contribution is 0.420. The van der Waals surface area contributed by atoms with E-state index in [4.69, 9.17) is 4.74 Å². The first-order chi connectivity index (χ1) is 7.81. The number of nitrogens with zero attached hydrogens (tertiary/aromatic N) is 1. The molecule has 0 bridgehead atoms. The number of nitrogens with one attached hydrogen (secondary N) is 1. The Balaban J connectivity index is 2.63. The first-order valence-electron chi connectivity index (χ1n) is 4.74. The molecule has 2 aromatic heterocycles. The molecule has 80 valence electrons. The van der Waals surface area contributed by atoms with E-state index in [0.29, 0.717) is 10.2 Å². The number of aromatic amines is 1. The van der Waals surface area contributed by atoms with Crippen molar-refractivity contribution in [3.05, 3.63) is 34.9 Å². The Kier molecular flexibility index (Phi) is 1.94. The fraction of sp³-hybridized carbons (Fsp3) is 0.0909. The Bertz CT molecular complexity index is 730. The molecular weight excluding hydrogens is 224 g/mol. The van der Waals surface area contributed by atoms with Gasteiger partial charge in [-0.05, 0) is 12.1 Å². The van der Waals surface area contributed by atoms with Crippen LogP contribution in [-0.2, 0) is 0 Å². The second-order valence-electron chi connectivity index (χ2n) is 3.34. The van der Waals surface area contributed by atoms with E-state index < -0.39 is 0 Å². The molecule has 4 nitrogen and oxygen atoms in total. The first-order valence-corrected chi connectivity index (χ1v) is 5.56. The highest BCUT2D eigenvalue weighted by molar-refractivity contribution is 7.25. The SMILES string of the molecule is COc1cccc2sc3c(=O)[nH]cnc3c12. The predicted molar refractivity (Wildman–Crippen MR) is 64.3 cm³/mol. The number of thiophene rings is 1. The van der Waals surface area contributed by atoms with E-state index in [2.05, 4.69) is 9.97 Å². The topological polar surface area (TPSA) is 55.0 Å². The third-order valence-corrected chi connectivity index (χ3v) is 3.61. The third-order valence-electron chi connectivity index (χ3n) is 2.47. The Morgan fingerprint density at radius 3 is 3.12 bits per heavy atom. The number of rotatable bonds is 1. The van der Waals surface area contributed by atoms with Gasteiger partial charge in [-0.25, -0.2) is 4.98 Å². The maximum atomic E-state index is 11.6. The summed E-state index contributed by atoms with van der Waals surface area (Å²) in [7, 11) is 1.62. The van der Waals surface area contributed by atoms with Crippen LogP contribution < -0.4 is 10.3 Å². The van der Waals surface area contributed by atoms with Gasteiger partial charge in [-0.3, -0.25) is 4.79 Å². The number of hydrogen-bond donors (Lipinski definition) is 1. The minimum atomic E-state index is -0.103. The Morgan fingerprint density at radius 2 is 2.31 bits per heavy atom. The first kappa shape index (κ1) is 9.35. The number of aromatic nitrogens is 2. The standard InChI is InChI=1S/C11H8N2O2S/c1-15-6-3-2-4-7-8(6)9-10(16-7)11(14)13-5-12-9/h2-5H,1H3,(H,12,13,14). The highest BCUT2D eigenvalue weighted by Crippen LogP contribution is 2.36. The third kappa shape index (κ3) is 1.15. The smallest absolute Gasteiger partial charge is 0.268 e. The number of ether oxygens (including phenoxy) is 1. The predicted octanol–water partition coefficient (Wildman–Crippen LogP) is 2.15. The molecule has 0 unspecified atom stereocenters. The highest BCUT2D eigenvalue weighted by Gasteiger charge is 2.12. The van der Waals surface area contributed by atoms with Gasteiger partial charge < -0.3 is 9.72 Å². The average molecular weight is 232 g/mol. The molecule has 0 saturated heterocycles. The van der Waals surface area contributed by atoms with E-state index in [0.717, 1.165) is 15.8 Å². The zero-order valence-corrected chi connectivity index (χ0v) is 9.30. The minimum absolute atomic E-state index is 0.103. The molecule has 0 fully saturated rings. The summed E-state index contributed by atoms with van der Waals surface area (Å²) >= 11 is 1.43. The van der Waals surface area contributed by atoms with Gasteiger partial charge in [-0.1, -0.05) is 6.07 Å². The summed E-state index contributed by atoms with van der Waals surface area (Å²) in [6.45, 7) is 0. The zero-order valence-electron chi connectivity index (χ0n) is 8.48. The van der Waals surface area contributed by atoms with Crippen LogP contribution in [0.1, 0.15) is 0 Å². The van der Waals surface area contributed by atoms with Gasteiger partial charge >= 0.3 is 0 Å². The number of fused-ring (bicyclic) bond motifs is 3. The van der Waals surface area contributed by atoms with Crippen LogP contribution in [0.15, 0.2) is 29.3 Å². The van der Waals surface area contributed by atoms with E-state index in [-0.39, 0.29) is 5.56 Å². The summed E-state index contributed by atoms with van der Waals surface area (Å²) in [5, 5.41) is 0.913. The molecule has 0 aliphatic rings. The molecule has 0 radical (unpaired) electrons. The van der Waals surface area contributed by atoms with Crippen LogP contribution >= 0.6 is 11.3 Å². The largest absolute Gasteiger partial charge is 0.496 e. The van der Waals surface area contributed by atoms with E-state index >= 15 is 0 Å². The van der Waals surface area contributed by atoms with Gasteiger partial charge in [-0.15, -0.1) is 11.3 Å². The molecule has 5 heteroatoms. The number of H-pyrrole nitrogens is 1. The second kappa shape index (κ2) is 3.31. The van der Waals surface area contributed by atoms with Crippen molar-refractivity contribution in [2.45, 2.75) is 0 Å². The number of benzene rings is 1. The summed E-state index contributed by atoms with van der Waals surface area (Å²) in [4.78, 5) is 18.4. The van der Waals surface area contributed by atoms with E-state index in [1.165, 1.54) is 17.7 Å². The molecule has 0 aliphatic heterocycles. The number of methoxy groups -OCH3 is 1. The molecule has 0 amide bonds. The van der Waals surface area contributed by atoms with Crippen molar-refractivity contribution >= 4 is 31.6 Å². The average Bonchev–Trinajstić information content (AvgIpc) is 2.69. The lowest BCUT2D eigenvalue weighted by Crippen LogP contribution is -2.03. The summed E-state index contributed by atoms with van der Waals surface area (Å²) in [5.74, 6) is 0.752. The Labute approximate surface area is 94.5 Å². The fourth-order valence-electron chi connectivity index (χ4n) is 1.77. The van der Waals surface area contributed by atoms with Crippen molar-refractivity contribution < 1.29 is 4.74 Å².